The van der Waals surface area contributed by atoms with Crippen LogP contribution in [0.3, 0.4) is 0 Å². The number of ether oxygens (including phenoxy) is 1. The molecule has 3 nitrogen and oxygen atoms in total. The Hall–Kier alpha value is -1.43. The Kier molecular flexibility index (Phi) is 8.22. The fraction of sp³-hybridized carbons (Fsp3) is 0.368. The molecule has 24 heavy (non-hydrogen) atoms. The smallest absolute Gasteiger partial charge is 0.129 e. The van der Waals surface area contributed by atoms with Crippen molar-refractivity contribution in [2.75, 3.05) is 13.2 Å². The zero-order valence-corrected chi connectivity index (χ0v) is 15.2. The molecule has 0 spiro atoms. The highest BCUT2D eigenvalue weighted by atomic mass is 79.9. The predicted molar refractivity (Wildman–Crippen MR) is 97.5 cm³/mol. The van der Waals surface area contributed by atoms with E-state index in [1.54, 1.807) is 18.2 Å². The van der Waals surface area contributed by atoms with Gasteiger partial charge in [0.2, 0.25) is 0 Å². The summed E-state index contributed by atoms with van der Waals surface area (Å²) in [6, 6.07) is 12.5. The van der Waals surface area contributed by atoms with Crippen molar-refractivity contribution in [2.45, 2.75) is 32.4 Å². The van der Waals surface area contributed by atoms with E-state index in [1.165, 1.54) is 6.07 Å². The average molecular weight is 396 g/mol. The number of hydrogen-bond acceptors (Lipinski definition) is 3. The molecule has 0 aliphatic carbocycles. The summed E-state index contributed by atoms with van der Waals surface area (Å²) < 4.78 is 20.5. The Morgan fingerprint density at radius 3 is 2.67 bits per heavy atom. The van der Waals surface area contributed by atoms with Gasteiger partial charge in [-0.1, -0.05) is 34.1 Å². The number of nitrogens with one attached hydrogen (secondary N) is 1. The first-order valence-electron chi connectivity index (χ1n) is 8.17. The normalized spacial score (nSPS) is 10.8. The number of aliphatic hydroxyl groups is 1. The van der Waals surface area contributed by atoms with Gasteiger partial charge in [-0.3, -0.25) is 0 Å². The van der Waals surface area contributed by atoms with Crippen LogP contribution in [0.5, 0.6) is 5.75 Å². The molecule has 0 atom stereocenters. The van der Waals surface area contributed by atoms with Gasteiger partial charge in [0, 0.05) is 28.8 Å². The van der Waals surface area contributed by atoms with Gasteiger partial charge in [-0.25, -0.2) is 4.39 Å². The molecule has 0 aliphatic rings. The van der Waals surface area contributed by atoms with E-state index in [0.717, 1.165) is 41.6 Å². The number of halogens is 2. The third-order valence-corrected chi connectivity index (χ3v) is 4.18. The summed E-state index contributed by atoms with van der Waals surface area (Å²) in [4.78, 5) is 0. The topological polar surface area (TPSA) is 41.5 Å². The molecule has 2 rings (SSSR count). The molecule has 0 aromatic heterocycles. The van der Waals surface area contributed by atoms with Gasteiger partial charge < -0.3 is 15.2 Å². The van der Waals surface area contributed by atoms with Crippen molar-refractivity contribution in [3.63, 3.8) is 0 Å². The van der Waals surface area contributed by atoms with E-state index in [2.05, 4.69) is 21.2 Å². The zero-order valence-electron chi connectivity index (χ0n) is 13.6. The van der Waals surface area contributed by atoms with E-state index in [-0.39, 0.29) is 19.0 Å². The third kappa shape index (κ3) is 6.23. The molecule has 5 heteroatoms. The number of rotatable bonds is 10. The summed E-state index contributed by atoms with van der Waals surface area (Å²) in [6.07, 6.45) is 2.88. The van der Waals surface area contributed by atoms with Crippen LogP contribution in [0.15, 0.2) is 46.9 Å². The first-order chi connectivity index (χ1) is 11.7. The molecule has 130 valence electrons. The first-order valence-corrected chi connectivity index (χ1v) is 8.96. The molecule has 0 amide bonds. The molecule has 0 unspecified atom stereocenters. The second-order valence-corrected chi connectivity index (χ2v) is 6.51. The number of unbranched alkanes of at least 4 members (excludes halogenated alkanes) is 2. The molecule has 2 N–H and O–H groups in total. The van der Waals surface area contributed by atoms with E-state index < -0.39 is 0 Å². The van der Waals surface area contributed by atoms with Crippen LogP contribution in [-0.2, 0) is 13.2 Å². The standard InChI is InChI=1S/C19H23BrFNO2/c20-17-8-9-19(24-14-15-6-2-3-7-18(15)21)16(12-17)13-22-10-4-1-5-11-23/h2-3,6-9,12,22-23H,1,4-5,10-11,13-14H2. The second kappa shape index (κ2) is 10.4. The van der Waals surface area contributed by atoms with Crippen LogP contribution in [0, 0.1) is 5.82 Å². The third-order valence-electron chi connectivity index (χ3n) is 3.69. The van der Waals surface area contributed by atoms with Gasteiger partial charge in [0.15, 0.2) is 0 Å². The van der Waals surface area contributed by atoms with E-state index in [1.807, 2.05) is 18.2 Å². The lowest BCUT2D eigenvalue weighted by Gasteiger charge is -2.13. The van der Waals surface area contributed by atoms with E-state index in [9.17, 15) is 4.39 Å². The first kappa shape index (κ1) is 18.9. The number of benzene rings is 2. The molecule has 0 fully saturated rings. The van der Waals surface area contributed by atoms with Crippen LogP contribution >= 0.6 is 15.9 Å². The minimum absolute atomic E-state index is 0.206. The van der Waals surface area contributed by atoms with E-state index >= 15 is 0 Å². The van der Waals surface area contributed by atoms with Gasteiger partial charge in [0.1, 0.15) is 18.2 Å². The Labute approximate surface area is 151 Å². The zero-order chi connectivity index (χ0) is 17.2. The molecular weight excluding hydrogens is 373 g/mol. The largest absolute Gasteiger partial charge is 0.488 e. The van der Waals surface area contributed by atoms with Crippen LogP contribution in [0.2, 0.25) is 0 Å². The lowest BCUT2D eigenvalue weighted by Crippen LogP contribution is -2.15. The summed E-state index contributed by atoms with van der Waals surface area (Å²) >= 11 is 3.48. The van der Waals surface area contributed by atoms with Crippen molar-refractivity contribution in [1.29, 1.82) is 0 Å². The number of aliphatic hydroxyl groups excluding tert-OH is 1. The van der Waals surface area contributed by atoms with Crippen molar-refractivity contribution < 1.29 is 14.2 Å². The van der Waals surface area contributed by atoms with Crippen molar-refractivity contribution in [1.82, 2.24) is 5.32 Å². The van der Waals surface area contributed by atoms with Gasteiger partial charge in [0.05, 0.1) is 0 Å². The van der Waals surface area contributed by atoms with Crippen molar-refractivity contribution >= 4 is 15.9 Å². The second-order valence-electron chi connectivity index (χ2n) is 5.59. The molecule has 0 saturated carbocycles. The Morgan fingerprint density at radius 2 is 1.88 bits per heavy atom. The van der Waals surface area contributed by atoms with Crippen LogP contribution in [0.4, 0.5) is 4.39 Å². The maximum Gasteiger partial charge on any atom is 0.129 e. The Balaban J connectivity index is 1.91. The molecule has 0 radical (unpaired) electrons. The quantitative estimate of drug-likeness (QED) is 0.585. The van der Waals surface area contributed by atoms with Crippen molar-refractivity contribution in [2.24, 2.45) is 0 Å². The Morgan fingerprint density at radius 1 is 1.04 bits per heavy atom. The van der Waals surface area contributed by atoms with Crippen LogP contribution in [0.1, 0.15) is 30.4 Å². The minimum Gasteiger partial charge on any atom is -0.488 e. The lowest BCUT2D eigenvalue weighted by molar-refractivity contribution is 0.282. The van der Waals surface area contributed by atoms with E-state index in [4.69, 9.17) is 9.84 Å². The summed E-state index contributed by atoms with van der Waals surface area (Å²) in [5.41, 5.74) is 1.58. The average Bonchev–Trinajstić information content (AvgIpc) is 2.58. The summed E-state index contributed by atoms with van der Waals surface area (Å²) in [5.74, 6) is 0.502. The van der Waals surface area contributed by atoms with E-state index in [0.29, 0.717) is 12.1 Å². The van der Waals surface area contributed by atoms with Gasteiger partial charge >= 0.3 is 0 Å². The highest BCUT2D eigenvalue weighted by Gasteiger charge is 2.07. The minimum atomic E-state index is -0.252. The predicted octanol–water partition coefficient (Wildman–Crippen LogP) is 4.42. The highest BCUT2D eigenvalue weighted by molar-refractivity contribution is 9.10. The van der Waals surface area contributed by atoms with Gasteiger partial charge in [-0.05, 0) is 50.1 Å². The summed E-state index contributed by atoms with van der Waals surface area (Å²) in [7, 11) is 0. The fourth-order valence-electron chi connectivity index (χ4n) is 2.36. The van der Waals surface area contributed by atoms with Gasteiger partial charge in [-0.15, -0.1) is 0 Å². The SMILES string of the molecule is OCCCCCNCc1cc(Br)ccc1OCc1ccccc1F. The fourth-order valence-corrected chi connectivity index (χ4v) is 2.77. The molecule has 2 aromatic carbocycles. The summed E-state index contributed by atoms with van der Waals surface area (Å²) in [5, 5.41) is 12.2. The lowest BCUT2D eigenvalue weighted by atomic mass is 10.2. The highest BCUT2D eigenvalue weighted by Crippen LogP contribution is 2.24. The van der Waals surface area contributed by atoms with Crippen LogP contribution < -0.4 is 10.1 Å². The Bertz CT molecular complexity index is 637. The van der Waals surface area contributed by atoms with Crippen LogP contribution in [-0.4, -0.2) is 18.3 Å². The van der Waals surface area contributed by atoms with Crippen molar-refractivity contribution in [3.8, 4) is 5.75 Å². The van der Waals surface area contributed by atoms with Crippen LogP contribution in [0.25, 0.3) is 0 Å². The maximum atomic E-state index is 13.7. The monoisotopic (exact) mass is 395 g/mol. The van der Waals surface area contributed by atoms with Gasteiger partial charge in [-0.2, -0.15) is 0 Å². The molecule has 0 heterocycles. The molecular formula is C19H23BrFNO2. The molecule has 0 saturated heterocycles. The number of hydrogen-bond donors (Lipinski definition) is 2. The molecule has 2 aromatic rings. The maximum absolute atomic E-state index is 13.7. The van der Waals surface area contributed by atoms with Crippen molar-refractivity contribution in [3.05, 3.63) is 63.9 Å². The summed E-state index contributed by atoms with van der Waals surface area (Å²) in [6.45, 7) is 2.03. The molecule has 0 aliphatic heterocycles. The molecule has 0 bridgehead atoms. The van der Waals surface area contributed by atoms with Gasteiger partial charge in [0.25, 0.3) is 0 Å².